The highest BCUT2D eigenvalue weighted by Crippen LogP contribution is 2.16. The van der Waals surface area contributed by atoms with E-state index in [1.807, 2.05) is 0 Å². The molecule has 0 bridgehead atoms. The van der Waals surface area contributed by atoms with E-state index in [-0.39, 0.29) is 0 Å². The van der Waals surface area contributed by atoms with Gasteiger partial charge in [0.2, 0.25) is 5.91 Å². The van der Waals surface area contributed by atoms with Crippen LogP contribution in [-0.4, -0.2) is 57.3 Å². The van der Waals surface area contributed by atoms with E-state index in [0.29, 0.717) is 12.8 Å². The van der Waals surface area contributed by atoms with Gasteiger partial charge in [-0.25, -0.2) is 0 Å². The average Bonchev–Trinajstić information content (AvgIpc) is 3.07. The van der Waals surface area contributed by atoms with Gasteiger partial charge in [-0.15, -0.1) is 0 Å². The van der Waals surface area contributed by atoms with Crippen LogP contribution in [0.2, 0.25) is 0 Å². The molecule has 47 heavy (non-hydrogen) atoms. The number of hydrogen-bond acceptors (Lipinski definition) is 5. The number of amides is 1. The predicted molar refractivity (Wildman–Crippen MR) is 201 cm³/mol. The summed E-state index contributed by atoms with van der Waals surface area (Å²) in [6.45, 7) is 4.03. The van der Waals surface area contributed by atoms with E-state index >= 15 is 0 Å². The fraction of sp³-hybridized carbons (Fsp3) is 0.927. The molecule has 4 unspecified atom stereocenters. The Morgan fingerprint density at radius 3 is 1.28 bits per heavy atom. The molecule has 5 N–H and O–H groups in total. The number of unbranched alkanes of at least 4 members (excludes halogenated alkanes) is 26. The van der Waals surface area contributed by atoms with Crippen molar-refractivity contribution in [2.75, 3.05) is 6.61 Å². The Morgan fingerprint density at radius 1 is 0.511 bits per heavy atom. The van der Waals surface area contributed by atoms with E-state index in [4.69, 9.17) is 0 Å². The SMILES string of the molecule is CCCCCCCCCCCCCCC/C=C/CCCC(O)C(O)C(CO)NC(=O)C(O)CCCCCCCCCCCCCCC. The molecule has 1 amide bonds. The van der Waals surface area contributed by atoms with Crippen LogP contribution in [0.1, 0.15) is 213 Å². The van der Waals surface area contributed by atoms with Gasteiger partial charge in [0.05, 0.1) is 18.8 Å². The first kappa shape index (κ1) is 46.0. The topological polar surface area (TPSA) is 110 Å². The number of hydrogen-bond donors (Lipinski definition) is 5. The van der Waals surface area contributed by atoms with Crippen molar-refractivity contribution in [3.05, 3.63) is 12.2 Å². The van der Waals surface area contributed by atoms with Crippen molar-refractivity contribution >= 4 is 5.91 Å². The molecule has 280 valence electrons. The van der Waals surface area contributed by atoms with Crippen LogP contribution in [0.25, 0.3) is 0 Å². The third-order valence-electron chi connectivity index (χ3n) is 9.73. The van der Waals surface area contributed by atoms with Crippen molar-refractivity contribution in [2.45, 2.75) is 237 Å². The minimum Gasteiger partial charge on any atom is -0.394 e. The highest BCUT2D eigenvalue weighted by atomic mass is 16.3. The summed E-state index contributed by atoms with van der Waals surface area (Å²) in [5.41, 5.74) is 0. The van der Waals surface area contributed by atoms with Crippen molar-refractivity contribution in [1.29, 1.82) is 0 Å². The van der Waals surface area contributed by atoms with Gasteiger partial charge in [0, 0.05) is 0 Å². The van der Waals surface area contributed by atoms with Crippen LogP contribution in [0.15, 0.2) is 12.2 Å². The molecule has 0 aliphatic heterocycles. The zero-order valence-corrected chi connectivity index (χ0v) is 31.3. The Balaban J connectivity index is 3.79. The fourth-order valence-electron chi connectivity index (χ4n) is 6.40. The van der Waals surface area contributed by atoms with Gasteiger partial charge in [0.1, 0.15) is 12.2 Å². The number of aliphatic hydroxyl groups is 4. The van der Waals surface area contributed by atoms with E-state index in [9.17, 15) is 25.2 Å². The Bertz CT molecular complexity index is 672. The van der Waals surface area contributed by atoms with Crippen LogP contribution in [0.3, 0.4) is 0 Å². The van der Waals surface area contributed by atoms with Gasteiger partial charge in [0.15, 0.2) is 0 Å². The lowest BCUT2D eigenvalue weighted by atomic mass is 10.00. The third kappa shape index (κ3) is 30.8. The Hall–Kier alpha value is -0.950. The number of carbonyl (C=O) groups is 1. The van der Waals surface area contributed by atoms with Gasteiger partial charge in [-0.3, -0.25) is 4.79 Å². The lowest BCUT2D eigenvalue weighted by Gasteiger charge is -2.27. The van der Waals surface area contributed by atoms with Gasteiger partial charge in [-0.05, 0) is 38.5 Å². The second-order valence-corrected chi connectivity index (χ2v) is 14.3. The normalized spacial score (nSPS) is 14.4. The van der Waals surface area contributed by atoms with E-state index in [1.54, 1.807) is 0 Å². The molecule has 0 aromatic rings. The highest BCUT2D eigenvalue weighted by Gasteiger charge is 2.28. The van der Waals surface area contributed by atoms with Crippen molar-refractivity contribution in [1.82, 2.24) is 5.32 Å². The van der Waals surface area contributed by atoms with E-state index in [0.717, 1.165) is 38.5 Å². The third-order valence-corrected chi connectivity index (χ3v) is 9.73. The molecule has 0 spiro atoms. The van der Waals surface area contributed by atoms with Crippen LogP contribution in [0.4, 0.5) is 0 Å². The standard InChI is InChI=1S/C41H81NO5/c1-3-5-7-9-11-13-15-17-18-19-20-21-23-24-26-28-30-32-34-38(44)40(46)37(36-43)42-41(47)39(45)35-33-31-29-27-25-22-16-14-12-10-8-6-4-2/h26,28,37-40,43-46H,3-25,27,29-36H2,1-2H3,(H,42,47)/b28-26+. The first-order chi connectivity index (χ1) is 23.0. The summed E-state index contributed by atoms with van der Waals surface area (Å²) in [5, 5.41) is 43.5. The maximum atomic E-state index is 12.4. The van der Waals surface area contributed by atoms with Crippen LogP contribution < -0.4 is 5.32 Å². The Kier molecular flexibility index (Phi) is 35.6. The minimum atomic E-state index is -1.28. The van der Waals surface area contributed by atoms with Crippen LogP contribution in [0, 0.1) is 0 Å². The molecular weight excluding hydrogens is 586 g/mol. The zero-order valence-electron chi connectivity index (χ0n) is 31.3. The smallest absolute Gasteiger partial charge is 0.249 e. The highest BCUT2D eigenvalue weighted by molar-refractivity contribution is 5.80. The van der Waals surface area contributed by atoms with Crippen molar-refractivity contribution in [2.24, 2.45) is 0 Å². The maximum Gasteiger partial charge on any atom is 0.249 e. The Labute approximate surface area is 292 Å². The molecule has 0 aliphatic rings. The monoisotopic (exact) mass is 668 g/mol. The summed E-state index contributed by atoms with van der Waals surface area (Å²) < 4.78 is 0. The lowest BCUT2D eigenvalue weighted by Crippen LogP contribution is -2.53. The van der Waals surface area contributed by atoms with Crippen LogP contribution >= 0.6 is 0 Å². The Morgan fingerprint density at radius 2 is 0.872 bits per heavy atom. The molecule has 6 nitrogen and oxygen atoms in total. The number of carbonyl (C=O) groups excluding carboxylic acids is 1. The lowest BCUT2D eigenvalue weighted by molar-refractivity contribution is -0.132. The average molecular weight is 668 g/mol. The second-order valence-electron chi connectivity index (χ2n) is 14.3. The predicted octanol–water partition coefficient (Wildman–Crippen LogP) is 10.2. The van der Waals surface area contributed by atoms with Crippen LogP contribution in [0.5, 0.6) is 0 Å². The van der Waals surface area contributed by atoms with Crippen molar-refractivity contribution in [3.63, 3.8) is 0 Å². The zero-order chi connectivity index (χ0) is 34.6. The van der Waals surface area contributed by atoms with Crippen molar-refractivity contribution < 1.29 is 25.2 Å². The quantitative estimate of drug-likeness (QED) is 0.0335. The molecule has 0 rings (SSSR count). The summed E-state index contributed by atoms with van der Waals surface area (Å²) in [6, 6.07) is -0.995. The molecule has 0 aromatic heterocycles. The minimum absolute atomic E-state index is 0.367. The van der Waals surface area contributed by atoms with E-state index < -0.39 is 36.9 Å². The van der Waals surface area contributed by atoms with Gasteiger partial charge < -0.3 is 25.7 Å². The molecule has 0 fully saturated rings. The molecule has 6 heteroatoms. The summed E-state index contributed by atoms with van der Waals surface area (Å²) in [5.74, 6) is -0.592. The van der Waals surface area contributed by atoms with Gasteiger partial charge >= 0.3 is 0 Å². The fourth-order valence-corrected chi connectivity index (χ4v) is 6.40. The summed E-state index contributed by atoms with van der Waals surface area (Å²) in [7, 11) is 0. The second kappa shape index (κ2) is 36.3. The van der Waals surface area contributed by atoms with E-state index in [2.05, 4.69) is 31.3 Å². The summed E-state index contributed by atoms with van der Waals surface area (Å²) in [4.78, 5) is 12.4. The number of nitrogens with one attached hydrogen (secondary N) is 1. The number of rotatable bonds is 37. The molecular formula is C41H81NO5. The molecule has 0 radical (unpaired) electrons. The molecule has 0 aliphatic carbocycles. The maximum absolute atomic E-state index is 12.4. The van der Waals surface area contributed by atoms with Gasteiger partial charge in [-0.2, -0.15) is 0 Å². The molecule has 0 aromatic carbocycles. The van der Waals surface area contributed by atoms with Crippen LogP contribution in [-0.2, 0) is 4.79 Å². The van der Waals surface area contributed by atoms with E-state index in [1.165, 1.54) is 148 Å². The number of aliphatic hydroxyl groups excluding tert-OH is 4. The largest absolute Gasteiger partial charge is 0.394 e. The molecule has 0 heterocycles. The van der Waals surface area contributed by atoms with Gasteiger partial charge in [-0.1, -0.05) is 187 Å². The first-order valence-corrected chi connectivity index (χ1v) is 20.6. The number of allylic oxidation sites excluding steroid dienone is 2. The molecule has 0 saturated carbocycles. The van der Waals surface area contributed by atoms with Gasteiger partial charge in [0.25, 0.3) is 0 Å². The first-order valence-electron chi connectivity index (χ1n) is 20.6. The molecule has 4 atom stereocenters. The molecule has 0 saturated heterocycles. The summed E-state index contributed by atoms with van der Waals surface area (Å²) in [6.07, 6.45) is 38.1. The van der Waals surface area contributed by atoms with Crippen molar-refractivity contribution in [3.8, 4) is 0 Å². The summed E-state index contributed by atoms with van der Waals surface area (Å²) >= 11 is 0.